The number of hydrogen-bond acceptors (Lipinski definition) is 3. The van der Waals surface area contributed by atoms with Gasteiger partial charge in [0.15, 0.2) is 0 Å². The lowest BCUT2D eigenvalue weighted by Gasteiger charge is -2.29. The van der Waals surface area contributed by atoms with Gasteiger partial charge in [-0.2, -0.15) is 0 Å². The van der Waals surface area contributed by atoms with Crippen LogP contribution >= 0.6 is 0 Å². The van der Waals surface area contributed by atoms with Crippen LogP contribution in [-0.4, -0.2) is 24.2 Å². The molecule has 3 nitrogen and oxygen atoms in total. The summed E-state index contributed by atoms with van der Waals surface area (Å²) in [6.07, 6.45) is 4.77. The van der Waals surface area contributed by atoms with E-state index in [-0.39, 0.29) is 12.1 Å². The van der Waals surface area contributed by atoms with E-state index >= 15 is 0 Å². The van der Waals surface area contributed by atoms with Gasteiger partial charge in [-0.3, -0.25) is 4.79 Å². The molecular weight excluding hydrogens is 154 g/mol. The Labute approximate surface area is 72.5 Å². The highest BCUT2D eigenvalue weighted by Gasteiger charge is 2.36. The average molecular weight is 169 g/mol. The highest BCUT2D eigenvalue weighted by Crippen LogP contribution is 2.28. The van der Waals surface area contributed by atoms with Gasteiger partial charge in [0, 0.05) is 19.0 Å². The zero-order valence-electron chi connectivity index (χ0n) is 7.38. The number of ether oxygens (including phenoxy) is 1. The first kappa shape index (κ1) is 8.05. The van der Waals surface area contributed by atoms with Crippen LogP contribution in [0.25, 0.3) is 0 Å². The van der Waals surface area contributed by atoms with Crippen LogP contribution in [0, 0.1) is 0 Å². The van der Waals surface area contributed by atoms with Crippen molar-refractivity contribution < 1.29 is 9.53 Å². The summed E-state index contributed by atoms with van der Waals surface area (Å²) in [5.41, 5.74) is 0. The molecular formula is C9H15NO2. The maximum absolute atomic E-state index is 10.7. The highest BCUT2D eigenvalue weighted by atomic mass is 16.5. The molecule has 68 valence electrons. The zero-order chi connectivity index (χ0) is 8.55. The molecule has 2 fully saturated rings. The van der Waals surface area contributed by atoms with Crippen LogP contribution in [0.4, 0.5) is 0 Å². The third-order valence-electron chi connectivity index (χ3n) is 2.84. The Morgan fingerprint density at radius 2 is 2.08 bits per heavy atom. The summed E-state index contributed by atoms with van der Waals surface area (Å²) >= 11 is 0. The number of fused-ring (bicyclic) bond motifs is 2. The Morgan fingerprint density at radius 3 is 2.83 bits per heavy atom. The van der Waals surface area contributed by atoms with Crippen molar-refractivity contribution in [3.63, 3.8) is 0 Å². The number of carbonyl (C=O) groups is 1. The minimum Gasteiger partial charge on any atom is -0.461 e. The van der Waals surface area contributed by atoms with E-state index < -0.39 is 0 Å². The van der Waals surface area contributed by atoms with E-state index in [1.807, 2.05) is 0 Å². The molecule has 2 rings (SSSR count). The van der Waals surface area contributed by atoms with E-state index in [2.05, 4.69) is 5.32 Å². The second-order valence-corrected chi connectivity index (χ2v) is 3.77. The molecule has 12 heavy (non-hydrogen) atoms. The molecule has 2 heterocycles. The van der Waals surface area contributed by atoms with Gasteiger partial charge in [0.05, 0.1) is 0 Å². The van der Waals surface area contributed by atoms with E-state index in [1.165, 1.54) is 19.8 Å². The van der Waals surface area contributed by atoms with E-state index in [9.17, 15) is 4.79 Å². The predicted octanol–water partition coefficient (Wildman–Crippen LogP) is 0.833. The van der Waals surface area contributed by atoms with Gasteiger partial charge < -0.3 is 10.1 Å². The van der Waals surface area contributed by atoms with Crippen LogP contribution in [-0.2, 0) is 9.53 Å². The number of hydrogen-bond donors (Lipinski definition) is 1. The summed E-state index contributed by atoms with van der Waals surface area (Å²) in [5, 5.41) is 3.47. The molecule has 3 heteroatoms. The first-order valence-corrected chi connectivity index (χ1v) is 4.69. The topological polar surface area (TPSA) is 38.3 Å². The SMILES string of the molecule is CC(=O)OC1CCC2CCC1N2. The van der Waals surface area contributed by atoms with Gasteiger partial charge >= 0.3 is 5.97 Å². The zero-order valence-corrected chi connectivity index (χ0v) is 7.38. The van der Waals surface area contributed by atoms with Gasteiger partial charge in [0.1, 0.15) is 6.10 Å². The van der Waals surface area contributed by atoms with Gasteiger partial charge in [-0.05, 0) is 25.7 Å². The molecule has 0 radical (unpaired) electrons. The van der Waals surface area contributed by atoms with Gasteiger partial charge in [-0.1, -0.05) is 0 Å². The van der Waals surface area contributed by atoms with Crippen molar-refractivity contribution in [2.24, 2.45) is 0 Å². The molecule has 0 aromatic heterocycles. The molecule has 0 aromatic rings. The fourth-order valence-corrected chi connectivity index (χ4v) is 2.29. The molecule has 0 saturated carbocycles. The molecule has 3 atom stereocenters. The number of carbonyl (C=O) groups excluding carboxylic acids is 1. The van der Waals surface area contributed by atoms with Crippen molar-refractivity contribution in [3.05, 3.63) is 0 Å². The van der Waals surface area contributed by atoms with Crippen molar-refractivity contribution in [1.82, 2.24) is 5.32 Å². The molecule has 2 bridgehead atoms. The van der Waals surface area contributed by atoms with Gasteiger partial charge in [-0.15, -0.1) is 0 Å². The summed E-state index contributed by atoms with van der Waals surface area (Å²) in [6, 6.07) is 1.13. The van der Waals surface area contributed by atoms with E-state index in [4.69, 9.17) is 4.74 Å². The van der Waals surface area contributed by atoms with Crippen LogP contribution in [0.5, 0.6) is 0 Å². The molecule has 2 aliphatic rings. The fourth-order valence-electron chi connectivity index (χ4n) is 2.29. The van der Waals surface area contributed by atoms with Crippen molar-refractivity contribution >= 4 is 5.97 Å². The number of nitrogens with one attached hydrogen (secondary N) is 1. The summed E-state index contributed by atoms with van der Waals surface area (Å²) in [7, 11) is 0. The van der Waals surface area contributed by atoms with Crippen molar-refractivity contribution in [1.29, 1.82) is 0 Å². The highest BCUT2D eigenvalue weighted by molar-refractivity contribution is 5.66. The Balaban J connectivity index is 1.93. The van der Waals surface area contributed by atoms with E-state index in [0.717, 1.165) is 12.8 Å². The van der Waals surface area contributed by atoms with Crippen LogP contribution in [0.1, 0.15) is 32.6 Å². The Morgan fingerprint density at radius 1 is 1.33 bits per heavy atom. The third-order valence-corrected chi connectivity index (χ3v) is 2.84. The standard InChI is InChI=1S/C9H15NO2/c1-6(11)12-9-5-3-7-2-4-8(9)10-7/h7-10H,2-5H2,1H3. The molecule has 0 spiro atoms. The Bertz CT molecular complexity index is 193. The molecule has 3 unspecified atom stereocenters. The average Bonchev–Trinajstić information content (AvgIpc) is 2.39. The molecule has 0 aliphatic carbocycles. The van der Waals surface area contributed by atoms with Crippen molar-refractivity contribution in [2.75, 3.05) is 0 Å². The number of esters is 1. The Kier molecular flexibility index (Phi) is 2.05. The smallest absolute Gasteiger partial charge is 0.302 e. The second-order valence-electron chi connectivity index (χ2n) is 3.77. The van der Waals surface area contributed by atoms with Crippen molar-refractivity contribution in [2.45, 2.75) is 50.8 Å². The molecule has 0 amide bonds. The molecule has 2 aliphatic heterocycles. The fraction of sp³-hybridized carbons (Fsp3) is 0.889. The lowest BCUT2D eigenvalue weighted by Crippen LogP contribution is -2.45. The first-order valence-electron chi connectivity index (χ1n) is 4.69. The predicted molar refractivity (Wildman–Crippen MR) is 44.7 cm³/mol. The summed E-state index contributed by atoms with van der Waals surface area (Å²) < 4.78 is 5.22. The maximum Gasteiger partial charge on any atom is 0.302 e. The van der Waals surface area contributed by atoms with Gasteiger partial charge in [-0.25, -0.2) is 0 Å². The summed E-state index contributed by atoms with van der Waals surface area (Å²) in [6.45, 7) is 1.49. The number of rotatable bonds is 1. The Hall–Kier alpha value is -0.570. The third kappa shape index (κ3) is 1.46. The van der Waals surface area contributed by atoms with Crippen LogP contribution < -0.4 is 5.32 Å². The van der Waals surface area contributed by atoms with E-state index in [1.54, 1.807) is 0 Å². The quantitative estimate of drug-likeness (QED) is 0.591. The van der Waals surface area contributed by atoms with Crippen LogP contribution in [0.15, 0.2) is 0 Å². The van der Waals surface area contributed by atoms with Crippen LogP contribution in [0.3, 0.4) is 0 Å². The van der Waals surface area contributed by atoms with Crippen LogP contribution in [0.2, 0.25) is 0 Å². The largest absolute Gasteiger partial charge is 0.461 e. The molecule has 1 N–H and O–H groups in total. The maximum atomic E-state index is 10.7. The minimum atomic E-state index is -0.146. The lowest BCUT2D eigenvalue weighted by molar-refractivity contribution is -0.148. The van der Waals surface area contributed by atoms with Gasteiger partial charge in [0.25, 0.3) is 0 Å². The normalized spacial score (nSPS) is 39.6. The number of piperidine rings is 1. The lowest BCUT2D eigenvalue weighted by atomic mass is 10.0. The monoisotopic (exact) mass is 169 g/mol. The summed E-state index contributed by atoms with van der Waals surface area (Å²) in [5.74, 6) is -0.146. The second kappa shape index (κ2) is 3.05. The van der Waals surface area contributed by atoms with Crippen molar-refractivity contribution in [3.8, 4) is 0 Å². The van der Waals surface area contributed by atoms with Gasteiger partial charge in [0.2, 0.25) is 0 Å². The molecule has 2 saturated heterocycles. The summed E-state index contributed by atoms with van der Waals surface area (Å²) in [4.78, 5) is 10.7. The van der Waals surface area contributed by atoms with E-state index in [0.29, 0.717) is 12.1 Å². The minimum absolute atomic E-state index is 0.140. The molecule has 0 aromatic carbocycles. The first-order chi connectivity index (χ1) is 5.75.